The topological polar surface area (TPSA) is 92.0 Å². The van der Waals surface area contributed by atoms with Crippen LogP contribution in [0.3, 0.4) is 0 Å². The van der Waals surface area contributed by atoms with Gasteiger partial charge in [0.15, 0.2) is 11.5 Å². The molecule has 0 bridgehead atoms. The average molecular weight is 383 g/mol. The highest BCUT2D eigenvalue weighted by molar-refractivity contribution is 5.93. The van der Waals surface area contributed by atoms with Gasteiger partial charge in [-0.15, -0.1) is 12.4 Å². The van der Waals surface area contributed by atoms with E-state index in [2.05, 4.69) is 5.32 Å². The number of hydrogen-bond donors (Lipinski definition) is 2. The largest absolute Gasteiger partial charge is 0.495 e. The highest BCUT2D eigenvalue weighted by atomic mass is 35.5. The summed E-state index contributed by atoms with van der Waals surface area (Å²) < 4.78 is 21.0. The lowest BCUT2D eigenvalue weighted by Crippen LogP contribution is -2.15. The summed E-state index contributed by atoms with van der Waals surface area (Å²) in [4.78, 5) is 12.3. The van der Waals surface area contributed by atoms with Crippen LogP contribution in [0.5, 0.6) is 23.0 Å². The van der Waals surface area contributed by atoms with Crippen molar-refractivity contribution >= 4 is 29.7 Å². The molecule has 3 N–H and O–H groups in total. The Bertz CT molecular complexity index is 742. The number of nitrogen functional groups attached to an aromatic ring is 1. The van der Waals surface area contributed by atoms with Gasteiger partial charge >= 0.3 is 0 Å². The van der Waals surface area contributed by atoms with Crippen LogP contribution in [0.15, 0.2) is 30.3 Å². The van der Waals surface area contributed by atoms with Crippen LogP contribution in [0, 0.1) is 0 Å². The third-order valence-corrected chi connectivity index (χ3v) is 3.60. The smallest absolute Gasteiger partial charge is 0.228 e. The SMILES string of the molecule is COc1ccc(NC(=O)Cc2cc(OC)c(OC)c(OC)c2)cc1N.Cl. The number of amides is 1. The number of halogens is 1. The Morgan fingerprint density at radius 3 is 1.96 bits per heavy atom. The highest BCUT2D eigenvalue weighted by Crippen LogP contribution is 2.38. The van der Waals surface area contributed by atoms with Gasteiger partial charge in [-0.2, -0.15) is 0 Å². The Kier molecular flexibility index (Phi) is 7.86. The Hall–Kier alpha value is -2.80. The maximum Gasteiger partial charge on any atom is 0.228 e. The Morgan fingerprint density at radius 1 is 0.923 bits per heavy atom. The van der Waals surface area contributed by atoms with E-state index in [0.29, 0.717) is 34.4 Å². The molecule has 2 rings (SSSR count). The van der Waals surface area contributed by atoms with Gasteiger partial charge in [0, 0.05) is 5.69 Å². The first-order valence-corrected chi connectivity index (χ1v) is 7.54. The molecule has 2 aromatic rings. The molecule has 0 heterocycles. The number of anilines is 2. The van der Waals surface area contributed by atoms with Crippen molar-refractivity contribution in [1.82, 2.24) is 0 Å². The lowest BCUT2D eigenvalue weighted by molar-refractivity contribution is -0.115. The van der Waals surface area contributed by atoms with Gasteiger partial charge in [0.1, 0.15) is 5.75 Å². The molecular weight excluding hydrogens is 360 g/mol. The molecule has 0 unspecified atom stereocenters. The molecule has 0 saturated carbocycles. The van der Waals surface area contributed by atoms with E-state index in [1.54, 1.807) is 30.3 Å². The Labute approximate surface area is 158 Å². The van der Waals surface area contributed by atoms with Gasteiger partial charge in [-0.1, -0.05) is 0 Å². The van der Waals surface area contributed by atoms with E-state index in [0.717, 1.165) is 5.56 Å². The summed E-state index contributed by atoms with van der Waals surface area (Å²) in [6.45, 7) is 0. The molecule has 0 aromatic heterocycles. The fraction of sp³-hybridized carbons (Fsp3) is 0.278. The predicted molar refractivity (Wildman–Crippen MR) is 103 cm³/mol. The molecule has 7 nitrogen and oxygen atoms in total. The molecule has 0 aliphatic heterocycles. The van der Waals surface area contributed by atoms with Crippen LogP contribution in [0.4, 0.5) is 11.4 Å². The molecule has 0 spiro atoms. The summed E-state index contributed by atoms with van der Waals surface area (Å²) in [5, 5.41) is 2.80. The minimum Gasteiger partial charge on any atom is -0.495 e. The van der Waals surface area contributed by atoms with Crippen LogP contribution >= 0.6 is 12.4 Å². The first-order valence-electron chi connectivity index (χ1n) is 7.54. The van der Waals surface area contributed by atoms with E-state index >= 15 is 0 Å². The number of nitrogens with one attached hydrogen (secondary N) is 1. The number of nitrogens with two attached hydrogens (primary N) is 1. The quantitative estimate of drug-likeness (QED) is 0.715. The molecule has 0 aliphatic rings. The van der Waals surface area contributed by atoms with Crippen molar-refractivity contribution in [2.75, 3.05) is 39.5 Å². The van der Waals surface area contributed by atoms with E-state index in [9.17, 15) is 4.79 Å². The molecule has 0 saturated heterocycles. The van der Waals surface area contributed by atoms with Crippen LogP contribution in [-0.4, -0.2) is 34.3 Å². The molecular formula is C18H23ClN2O5. The molecule has 0 fully saturated rings. The van der Waals surface area contributed by atoms with Crippen molar-refractivity contribution in [3.05, 3.63) is 35.9 Å². The molecule has 8 heteroatoms. The predicted octanol–water partition coefficient (Wildman–Crippen LogP) is 2.91. The Balaban J connectivity index is 0.00000338. The van der Waals surface area contributed by atoms with Crippen LogP contribution in [-0.2, 0) is 11.2 Å². The summed E-state index contributed by atoms with van der Waals surface area (Å²) in [7, 11) is 6.12. The highest BCUT2D eigenvalue weighted by Gasteiger charge is 2.15. The maximum atomic E-state index is 12.3. The summed E-state index contributed by atoms with van der Waals surface area (Å²) in [5.74, 6) is 1.84. The number of carbonyl (C=O) groups is 1. The van der Waals surface area contributed by atoms with Crippen LogP contribution < -0.4 is 30.0 Å². The zero-order valence-corrected chi connectivity index (χ0v) is 15.9. The number of ether oxygens (including phenoxy) is 4. The fourth-order valence-electron chi connectivity index (χ4n) is 2.44. The number of methoxy groups -OCH3 is 4. The van der Waals surface area contributed by atoms with Gasteiger partial charge in [-0.25, -0.2) is 0 Å². The van der Waals surface area contributed by atoms with Crippen LogP contribution in [0.1, 0.15) is 5.56 Å². The number of carbonyl (C=O) groups excluding carboxylic acids is 1. The third-order valence-electron chi connectivity index (χ3n) is 3.60. The summed E-state index contributed by atoms with van der Waals surface area (Å²) in [6, 6.07) is 8.55. The lowest BCUT2D eigenvalue weighted by Gasteiger charge is -2.14. The van der Waals surface area contributed by atoms with Gasteiger partial charge < -0.3 is 30.0 Å². The van der Waals surface area contributed by atoms with Crippen LogP contribution in [0.25, 0.3) is 0 Å². The van der Waals surface area contributed by atoms with Crippen LogP contribution in [0.2, 0.25) is 0 Å². The second-order valence-electron chi connectivity index (χ2n) is 5.22. The fourth-order valence-corrected chi connectivity index (χ4v) is 2.44. The second kappa shape index (κ2) is 9.62. The van der Waals surface area contributed by atoms with Gasteiger partial charge in [0.25, 0.3) is 0 Å². The van der Waals surface area contributed by atoms with Gasteiger partial charge in [-0.05, 0) is 35.9 Å². The molecule has 0 atom stereocenters. The normalized spacial score (nSPS) is 9.69. The minimum atomic E-state index is -0.196. The van der Waals surface area contributed by atoms with Crippen molar-refractivity contribution < 1.29 is 23.7 Å². The maximum absolute atomic E-state index is 12.3. The molecule has 2 aromatic carbocycles. The van der Waals surface area contributed by atoms with Crippen molar-refractivity contribution in [2.45, 2.75) is 6.42 Å². The van der Waals surface area contributed by atoms with Crippen molar-refractivity contribution in [1.29, 1.82) is 0 Å². The number of hydrogen-bond acceptors (Lipinski definition) is 6. The van der Waals surface area contributed by atoms with E-state index in [1.807, 2.05) is 0 Å². The molecule has 1 amide bonds. The molecule has 0 aliphatic carbocycles. The zero-order valence-electron chi connectivity index (χ0n) is 15.1. The van der Waals surface area contributed by atoms with Gasteiger partial charge in [0.2, 0.25) is 11.7 Å². The van der Waals surface area contributed by atoms with Crippen molar-refractivity contribution in [2.24, 2.45) is 0 Å². The van der Waals surface area contributed by atoms with Gasteiger partial charge in [0.05, 0.1) is 40.5 Å². The standard InChI is InChI=1S/C18H22N2O5.ClH/c1-22-14-6-5-12(10-13(14)19)20-17(21)9-11-7-15(23-2)18(25-4)16(8-11)24-3;/h5-8,10H,9,19H2,1-4H3,(H,20,21);1H. The van der Waals surface area contributed by atoms with E-state index in [1.165, 1.54) is 28.4 Å². The summed E-state index contributed by atoms with van der Waals surface area (Å²) in [5.41, 5.74) is 7.62. The third kappa shape index (κ3) is 4.86. The number of benzene rings is 2. The minimum absolute atomic E-state index is 0. The average Bonchev–Trinajstić information content (AvgIpc) is 2.60. The molecule has 26 heavy (non-hydrogen) atoms. The molecule has 0 radical (unpaired) electrons. The van der Waals surface area contributed by atoms with Crippen molar-refractivity contribution in [3.63, 3.8) is 0 Å². The van der Waals surface area contributed by atoms with E-state index in [4.69, 9.17) is 24.7 Å². The number of rotatable bonds is 7. The summed E-state index contributed by atoms with van der Waals surface area (Å²) >= 11 is 0. The van der Waals surface area contributed by atoms with Crippen molar-refractivity contribution in [3.8, 4) is 23.0 Å². The molecule has 142 valence electrons. The second-order valence-corrected chi connectivity index (χ2v) is 5.22. The lowest BCUT2D eigenvalue weighted by atomic mass is 10.1. The summed E-state index contributed by atoms with van der Waals surface area (Å²) in [6.07, 6.45) is 0.142. The van der Waals surface area contributed by atoms with E-state index < -0.39 is 0 Å². The zero-order chi connectivity index (χ0) is 18.4. The Morgan fingerprint density at radius 2 is 1.50 bits per heavy atom. The monoisotopic (exact) mass is 382 g/mol. The van der Waals surface area contributed by atoms with E-state index in [-0.39, 0.29) is 24.7 Å². The van der Waals surface area contributed by atoms with Gasteiger partial charge in [-0.3, -0.25) is 4.79 Å². The first kappa shape index (κ1) is 21.2. The first-order chi connectivity index (χ1) is 12.0.